The van der Waals surface area contributed by atoms with Gasteiger partial charge in [-0.3, -0.25) is 0 Å². The van der Waals surface area contributed by atoms with Crippen molar-refractivity contribution in [1.29, 1.82) is 0 Å². The number of nitrogens with zero attached hydrogens (tertiary/aromatic N) is 5. The van der Waals surface area contributed by atoms with E-state index in [-0.39, 0.29) is 16.8 Å². The highest BCUT2D eigenvalue weighted by atomic mass is 16.5. The SMILES string of the molecule is COc1cc(-c2ccc(-c3cnc(N(C)C4CC(C)(C)NC(C)(C)C4)nn3)c(O)c2)ccn1. The van der Waals surface area contributed by atoms with Gasteiger partial charge in [-0.05, 0) is 69.9 Å². The van der Waals surface area contributed by atoms with Gasteiger partial charge in [0.15, 0.2) is 0 Å². The van der Waals surface area contributed by atoms with E-state index in [1.165, 1.54) is 0 Å². The average molecular weight is 449 g/mol. The second-order valence-electron chi connectivity index (χ2n) is 10.0. The van der Waals surface area contributed by atoms with Crippen LogP contribution in [0.5, 0.6) is 11.6 Å². The number of phenolic OH excluding ortho intramolecular Hbond substituents is 1. The third kappa shape index (κ3) is 5.06. The van der Waals surface area contributed by atoms with Crippen LogP contribution in [0.2, 0.25) is 0 Å². The molecule has 0 bridgehead atoms. The second kappa shape index (κ2) is 8.59. The Hall–Kier alpha value is -3.26. The molecule has 8 nitrogen and oxygen atoms in total. The third-order valence-electron chi connectivity index (χ3n) is 6.13. The standard InChI is InChI=1S/C25H32N6O2/c1-24(2)13-18(14-25(3,4)30-24)31(5)23-27-15-20(28-29-23)19-8-7-16(11-21(19)32)17-9-10-26-22(12-17)33-6/h7-12,15,18,30,32H,13-14H2,1-6H3. The second-order valence-corrected chi connectivity index (χ2v) is 10.0. The number of ether oxygens (including phenoxy) is 1. The highest BCUT2D eigenvalue weighted by molar-refractivity contribution is 5.74. The summed E-state index contributed by atoms with van der Waals surface area (Å²) in [5.41, 5.74) is 2.91. The summed E-state index contributed by atoms with van der Waals surface area (Å²) in [6.45, 7) is 8.91. The molecule has 33 heavy (non-hydrogen) atoms. The normalized spacial score (nSPS) is 17.5. The molecule has 0 spiro atoms. The van der Waals surface area contributed by atoms with E-state index in [4.69, 9.17) is 4.74 Å². The number of aromatic hydroxyl groups is 1. The molecule has 0 radical (unpaired) electrons. The van der Waals surface area contributed by atoms with Gasteiger partial charge in [-0.25, -0.2) is 9.97 Å². The Morgan fingerprint density at radius 2 is 1.70 bits per heavy atom. The van der Waals surface area contributed by atoms with Crippen molar-refractivity contribution in [3.8, 4) is 34.0 Å². The Balaban J connectivity index is 1.54. The van der Waals surface area contributed by atoms with Crippen molar-refractivity contribution in [3.05, 3.63) is 42.7 Å². The first kappa shape index (κ1) is 22.9. The number of piperidine rings is 1. The van der Waals surface area contributed by atoms with Crippen LogP contribution < -0.4 is 15.0 Å². The topological polar surface area (TPSA) is 96.3 Å². The molecule has 0 atom stereocenters. The fourth-order valence-electron chi connectivity index (χ4n) is 4.89. The fourth-order valence-corrected chi connectivity index (χ4v) is 4.89. The van der Waals surface area contributed by atoms with Gasteiger partial charge in [-0.15, -0.1) is 10.2 Å². The average Bonchev–Trinajstić information content (AvgIpc) is 2.76. The molecule has 0 amide bonds. The summed E-state index contributed by atoms with van der Waals surface area (Å²) in [7, 11) is 3.60. The van der Waals surface area contributed by atoms with E-state index in [1.807, 2.05) is 31.3 Å². The number of pyridine rings is 1. The van der Waals surface area contributed by atoms with Crippen molar-refractivity contribution in [1.82, 2.24) is 25.5 Å². The van der Waals surface area contributed by atoms with Crippen molar-refractivity contribution < 1.29 is 9.84 Å². The molecule has 2 N–H and O–H groups in total. The van der Waals surface area contributed by atoms with Crippen molar-refractivity contribution in [2.45, 2.75) is 57.7 Å². The van der Waals surface area contributed by atoms with E-state index < -0.39 is 0 Å². The Morgan fingerprint density at radius 1 is 1.00 bits per heavy atom. The lowest BCUT2D eigenvalue weighted by Crippen LogP contribution is -2.62. The van der Waals surface area contributed by atoms with E-state index in [9.17, 15) is 5.11 Å². The van der Waals surface area contributed by atoms with Crippen LogP contribution >= 0.6 is 0 Å². The molecule has 1 saturated heterocycles. The smallest absolute Gasteiger partial charge is 0.245 e. The van der Waals surface area contributed by atoms with Crippen LogP contribution in [0.25, 0.3) is 22.4 Å². The maximum absolute atomic E-state index is 10.7. The van der Waals surface area contributed by atoms with Crippen LogP contribution in [0.1, 0.15) is 40.5 Å². The van der Waals surface area contributed by atoms with Crippen LogP contribution in [0.15, 0.2) is 42.7 Å². The summed E-state index contributed by atoms with van der Waals surface area (Å²) in [5.74, 6) is 1.21. The van der Waals surface area contributed by atoms with Crippen LogP contribution in [-0.4, -0.2) is 56.5 Å². The van der Waals surface area contributed by atoms with Crippen LogP contribution in [0, 0.1) is 0 Å². The van der Waals surface area contributed by atoms with Gasteiger partial charge < -0.3 is 20.1 Å². The zero-order valence-corrected chi connectivity index (χ0v) is 20.1. The number of rotatable bonds is 5. The Bertz CT molecular complexity index is 1110. The Kier molecular flexibility index (Phi) is 5.97. The lowest BCUT2D eigenvalue weighted by atomic mass is 9.79. The number of anilines is 1. The van der Waals surface area contributed by atoms with Gasteiger partial charge in [-0.1, -0.05) is 6.07 Å². The molecule has 1 fully saturated rings. The molecule has 3 heterocycles. The minimum absolute atomic E-state index is 0.0282. The monoisotopic (exact) mass is 448 g/mol. The van der Waals surface area contributed by atoms with E-state index >= 15 is 0 Å². The predicted octanol–water partition coefficient (Wildman–Crippen LogP) is 4.06. The summed E-state index contributed by atoms with van der Waals surface area (Å²) in [5, 5.41) is 23.1. The van der Waals surface area contributed by atoms with Gasteiger partial charge in [-0.2, -0.15) is 0 Å². The minimum Gasteiger partial charge on any atom is -0.507 e. The summed E-state index contributed by atoms with van der Waals surface area (Å²) in [6, 6.07) is 9.44. The summed E-state index contributed by atoms with van der Waals surface area (Å²) < 4.78 is 5.19. The molecule has 1 aromatic carbocycles. The lowest BCUT2D eigenvalue weighted by molar-refractivity contribution is 0.160. The number of phenols is 1. The van der Waals surface area contributed by atoms with Crippen molar-refractivity contribution >= 4 is 5.95 Å². The van der Waals surface area contributed by atoms with E-state index in [2.05, 4.69) is 58.1 Å². The number of nitrogens with one attached hydrogen (secondary N) is 1. The molecule has 1 aliphatic rings. The first-order valence-corrected chi connectivity index (χ1v) is 11.1. The molecule has 174 valence electrons. The molecular formula is C25H32N6O2. The van der Waals surface area contributed by atoms with Gasteiger partial charge in [0.2, 0.25) is 11.8 Å². The first-order chi connectivity index (χ1) is 15.6. The highest BCUT2D eigenvalue weighted by Gasteiger charge is 2.39. The highest BCUT2D eigenvalue weighted by Crippen LogP contribution is 2.34. The van der Waals surface area contributed by atoms with E-state index in [0.29, 0.717) is 29.1 Å². The minimum atomic E-state index is 0.0282. The van der Waals surface area contributed by atoms with E-state index in [1.54, 1.807) is 25.6 Å². The number of methoxy groups -OCH3 is 1. The van der Waals surface area contributed by atoms with E-state index in [0.717, 1.165) is 24.0 Å². The third-order valence-corrected chi connectivity index (χ3v) is 6.13. The number of hydrogen-bond donors (Lipinski definition) is 2. The summed E-state index contributed by atoms with van der Waals surface area (Å²) in [4.78, 5) is 10.8. The first-order valence-electron chi connectivity index (χ1n) is 11.1. The molecule has 0 saturated carbocycles. The molecule has 3 aromatic rings. The molecular weight excluding hydrogens is 416 g/mol. The van der Waals surface area contributed by atoms with Gasteiger partial charge in [0.05, 0.1) is 13.3 Å². The van der Waals surface area contributed by atoms with Gasteiger partial charge in [0.25, 0.3) is 0 Å². The van der Waals surface area contributed by atoms with Gasteiger partial charge in [0.1, 0.15) is 11.4 Å². The summed E-state index contributed by atoms with van der Waals surface area (Å²) >= 11 is 0. The molecule has 0 aliphatic carbocycles. The van der Waals surface area contributed by atoms with Gasteiger partial charge in [0, 0.05) is 42.0 Å². The number of aromatic nitrogens is 4. The van der Waals surface area contributed by atoms with Crippen molar-refractivity contribution in [2.24, 2.45) is 0 Å². The maximum Gasteiger partial charge on any atom is 0.245 e. The molecule has 1 aliphatic heterocycles. The molecule has 0 unspecified atom stereocenters. The van der Waals surface area contributed by atoms with Crippen LogP contribution in [0.4, 0.5) is 5.95 Å². The zero-order chi connectivity index (χ0) is 23.8. The Labute approximate surface area is 195 Å². The zero-order valence-electron chi connectivity index (χ0n) is 20.1. The van der Waals surface area contributed by atoms with Crippen LogP contribution in [0.3, 0.4) is 0 Å². The lowest BCUT2D eigenvalue weighted by Gasteiger charge is -2.48. The largest absolute Gasteiger partial charge is 0.507 e. The Morgan fingerprint density at radius 3 is 2.30 bits per heavy atom. The quantitative estimate of drug-likeness (QED) is 0.603. The summed E-state index contributed by atoms with van der Waals surface area (Å²) in [6.07, 6.45) is 5.31. The van der Waals surface area contributed by atoms with Gasteiger partial charge >= 0.3 is 0 Å². The van der Waals surface area contributed by atoms with Crippen molar-refractivity contribution in [3.63, 3.8) is 0 Å². The van der Waals surface area contributed by atoms with Crippen molar-refractivity contribution in [2.75, 3.05) is 19.1 Å². The maximum atomic E-state index is 10.7. The number of hydrogen-bond acceptors (Lipinski definition) is 8. The molecule has 2 aromatic heterocycles. The van der Waals surface area contributed by atoms with Crippen LogP contribution in [-0.2, 0) is 0 Å². The fraction of sp³-hybridized carbons (Fsp3) is 0.440. The predicted molar refractivity (Wildman–Crippen MR) is 129 cm³/mol. The molecule has 8 heteroatoms. The number of benzene rings is 1. The molecule has 4 rings (SSSR count).